The molecule has 0 saturated carbocycles. The van der Waals surface area contributed by atoms with Crippen LogP contribution in [0.3, 0.4) is 0 Å². The molecule has 3 aromatic rings. The molecule has 0 N–H and O–H groups in total. The molecule has 0 atom stereocenters. The molecule has 2 aliphatic heterocycles. The molecule has 3 aromatic carbocycles. The Balaban J connectivity index is 1.44. The third-order valence-corrected chi connectivity index (χ3v) is 7.43. The lowest BCUT2D eigenvalue weighted by Crippen LogP contribution is -2.48. The summed E-state index contributed by atoms with van der Waals surface area (Å²) in [6, 6.07) is 11.8. The van der Waals surface area contributed by atoms with Crippen molar-refractivity contribution in [1.82, 2.24) is 4.90 Å². The summed E-state index contributed by atoms with van der Waals surface area (Å²) in [4.78, 5) is 40.0. The molecule has 10 heteroatoms. The van der Waals surface area contributed by atoms with Crippen LogP contribution in [-0.4, -0.2) is 41.3 Å². The highest BCUT2D eigenvalue weighted by molar-refractivity contribution is 6.08. The van der Waals surface area contributed by atoms with Crippen molar-refractivity contribution < 1.29 is 27.7 Å². The summed E-state index contributed by atoms with van der Waals surface area (Å²) in [5.41, 5.74) is -0.304. The Morgan fingerprint density at radius 2 is 1.57 bits per heavy atom. The minimum Gasteiger partial charge on any atom is -0.338 e. The van der Waals surface area contributed by atoms with Crippen LogP contribution in [0.4, 0.5) is 24.5 Å². The first kappa shape index (κ1) is 24.5. The zero-order valence-electron chi connectivity index (χ0n) is 19.8. The van der Waals surface area contributed by atoms with Crippen molar-refractivity contribution in [2.24, 2.45) is 0 Å². The first-order valence-corrected chi connectivity index (χ1v) is 11.7. The standard InChI is InChI=1S/C27H22F3N3O4/c1-16-18(4-2-6-21(16)29)26(35)32-15-27(20-14-17(28)8-9-23(20)32)10-12-31(13-11-27)25(34)19-5-3-7-22(30)24(19)33(36)37/h2-9,14H,10-13,15H2,1H3. The molecule has 0 aromatic heterocycles. The molecular weight excluding hydrogens is 487 g/mol. The molecule has 1 fully saturated rings. The third-order valence-electron chi connectivity index (χ3n) is 7.43. The van der Waals surface area contributed by atoms with Crippen LogP contribution in [0.1, 0.15) is 44.7 Å². The zero-order valence-corrected chi connectivity index (χ0v) is 19.8. The molecule has 7 nitrogen and oxygen atoms in total. The van der Waals surface area contributed by atoms with Crippen LogP contribution in [0.15, 0.2) is 54.6 Å². The second-order valence-electron chi connectivity index (χ2n) is 9.43. The number of hydrogen-bond acceptors (Lipinski definition) is 4. The van der Waals surface area contributed by atoms with Crippen molar-refractivity contribution in [2.75, 3.05) is 24.5 Å². The molecule has 0 bridgehead atoms. The van der Waals surface area contributed by atoms with Crippen LogP contribution in [0, 0.1) is 34.5 Å². The molecule has 2 amide bonds. The summed E-state index contributed by atoms with van der Waals surface area (Å²) in [5.74, 6) is -3.13. The molecule has 37 heavy (non-hydrogen) atoms. The van der Waals surface area contributed by atoms with E-state index in [1.54, 1.807) is 6.07 Å². The van der Waals surface area contributed by atoms with Crippen LogP contribution in [0.5, 0.6) is 0 Å². The molecule has 0 unspecified atom stereocenters. The molecule has 2 aliphatic rings. The van der Waals surface area contributed by atoms with Gasteiger partial charge in [-0.05, 0) is 73.4 Å². The van der Waals surface area contributed by atoms with Crippen molar-refractivity contribution in [1.29, 1.82) is 0 Å². The van der Waals surface area contributed by atoms with Crippen LogP contribution in [0.25, 0.3) is 0 Å². The van der Waals surface area contributed by atoms with E-state index < -0.39 is 45.3 Å². The maximum absolute atomic E-state index is 14.3. The Morgan fingerprint density at radius 3 is 2.24 bits per heavy atom. The maximum Gasteiger partial charge on any atom is 0.317 e. The number of rotatable bonds is 3. The molecule has 190 valence electrons. The Morgan fingerprint density at radius 1 is 0.919 bits per heavy atom. The molecule has 0 aliphatic carbocycles. The molecule has 2 heterocycles. The van der Waals surface area contributed by atoms with Gasteiger partial charge in [0.2, 0.25) is 5.82 Å². The highest BCUT2D eigenvalue weighted by Gasteiger charge is 2.47. The second-order valence-corrected chi connectivity index (χ2v) is 9.43. The number of carbonyl (C=O) groups excluding carboxylic acids is 2. The molecule has 1 spiro atoms. The number of para-hydroxylation sites is 1. The van der Waals surface area contributed by atoms with Crippen molar-refractivity contribution >= 4 is 23.2 Å². The van der Waals surface area contributed by atoms with E-state index >= 15 is 0 Å². The van der Waals surface area contributed by atoms with Crippen molar-refractivity contribution in [2.45, 2.75) is 25.2 Å². The number of nitro groups is 1. The molecule has 1 saturated heterocycles. The smallest absolute Gasteiger partial charge is 0.317 e. The summed E-state index contributed by atoms with van der Waals surface area (Å²) in [6.07, 6.45) is 0.703. The lowest BCUT2D eigenvalue weighted by molar-refractivity contribution is -0.387. The topological polar surface area (TPSA) is 83.8 Å². The first-order chi connectivity index (χ1) is 17.6. The quantitative estimate of drug-likeness (QED) is 0.361. The van der Waals surface area contributed by atoms with Crippen LogP contribution in [0.2, 0.25) is 0 Å². The SMILES string of the molecule is Cc1c(F)cccc1C(=O)N1CC2(CCN(C(=O)c3cccc(F)c3[N+](=O)[O-])CC2)c2cc(F)ccc21. The van der Waals surface area contributed by atoms with E-state index in [1.807, 2.05) is 0 Å². The van der Waals surface area contributed by atoms with Crippen LogP contribution in [-0.2, 0) is 5.41 Å². The fourth-order valence-corrected chi connectivity index (χ4v) is 5.42. The lowest BCUT2D eigenvalue weighted by Gasteiger charge is -2.39. The van der Waals surface area contributed by atoms with Gasteiger partial charge >= 0.3 is 5.69 Å². The highest BCUT2D eigenvalue weighted by Crippen LogP contribution is 2.48. The van der Waals surface area contributed by atoms with E-state index in [-0.39, 0.29) is 36.3 Å². The number of benzene rings is 3. The van der Waals surface area contributed by atoms with Crippen LogP contribution >= 0.6 is 0 Å². The van der Waals surface area contributed by atoms with E-state index in [0.29, 0.717) is 24.1 Å². The molecule has 5 rings (SSSR count). The van der Waals surface area contributed by atoms with Gasteiger partial charge in [0.05, 0.1) is 4.92 Å². The van der Waals surface area contributed by atoms with Gasteiger partial charge in [0.25, 0.3) is 11.8 Å². The lowest BCUT2D eigenvalue weighted by atomic mass is 9.74. The summed E-state index contributed by atoms with van der Waals surface area (Å²) in [6.45, 7) is 2.07. The highest BCUT2D eigenvalue weighted by atomic mass is 19.1. The number of anilines is 1. The minimum absolute atomic E-state index is 0.170. The predicted octanol–water partition coefficient (Wildman–Crippen LogP) is 5.15. The van der Waals surface area contributed by atoms with Crippen molar-refractivity contribution in [3.8, 4) is 0 Å². The Bertz CT molecular complexity index is 1450. The van der Waals surface area contributed by atoms with Crippen molar-refractivity contribution in [3.05, 3.63) is 104 Å². The average Bonchev–Trinajstić information content (AvgIpc) is 3.18. The fourth-order valence-electron chi connectivity index (χ4n) is 5.42. The number of carbonyl (C=O) groups is 2. The predicted molar refractivity (Wildman–Crippen MR) is 129 cm³/mol. The summed E-state index contributed by atoms with van der Waals surface area (Å²) in [7, 11) is 0. The largest absolute Gasteiger partial charge is 0.338 e. The van der Waals surface area contributed by atoms with Gasteiger partial charge in [-0.3, -0.25) is 19.7 Å². The van der Waals surface area contributed by atoms with Gasteiger partial charge in [-0.1, -0.05) is 12.1 Å². The maximum atomic E-state index is 14.3. The van der Waals surface area contributed by atoms with Gasteiger partial charge in [0.1, 0.15) is 17.2 Å². The van der Waals surface area contributed by atoms with Gasteiger partial charge in [0, 0.05) is 36.3 Å². The average molecular weight is 509 g/mol. The number of hydrogen-bond donors (Lipinski definition) is 0. The van der Waals surface area contributed by atoms with E-state index in [4.69, 9.17) is 0 Å². The van der Waals surface area contributed by atoms with E-state index in [2.05, 4.69) is 0 Å². The number of nitro benzene ring substituents is 1. The Labute approximate surface area is 210 Å². The molecule has 0 radical (unpaired) electrons. The minimum atomic E-state index is -1.09. The molecular formula is C27H22F3N3O4. The Hall–Kier alpha value is -4.21. The number of likely N-dealkylation sites (tertiary alicyclic amines) is 1. The van der Waals surface area contributed by atoms with Crippen molar-refractivity contribution in [3.63, 3.8) is 0 Å². The normalized spacial score (nSPS) is 16.1. The summed E-state index contributed by atoms with van der Waals surface area (Å²) < 4.78 is 42.6. The first-order valence-electron chi connectivity index (χ1n) is 11.7. The van der Waals surface area contributed by atoms with Gasteiger partial charge in [-0.15, -0.1) is 0 Å². The van der Waals surface area contributed by atoms with E-state index in [9.17, 15) is 32.9 Å². The second kappa shape index (κ2) is 9.02. The van der Waals surface area contributed by atoms with Gasteiger partial charge in [0.15, 0.2) is 0 Å². The third kappa shape index (κ3) is 4.02. The number of piperidine rings is 1. The van der Waals surface area contributed by atoms with Gasteiger partial charge < -0.3 is 9.80 Å². The number of fused-ring (bicyclic) bond motifs is 2. The number of halogens is 3. The Kier molecular flexibility index (Phi) is 5.97. The van der Waals surface area contributed by atoms with Gasteiger partial charge in [-0.25, -0.2) is 8.78 Å². The summed E-state index contributed by atoms with van der Waals surface area (Å²) in [5, 5.41) is 11.4. The van der Waals surface area contributed by atoms with Gasteiger partial charge in [-0.2, -0.15) is 4.39 Å². The summed E-state index contributed by atoms with van der Waals surface area (Å²) >= 11 is 0. The van der Waals surface area contributed by atoms with E-state index in [1.165, 1.54) is 59.2 Å². The monoisotopic (exact) mass is 509 g/mol. The van der Waals surface area contributed by atoms with Crippen LogP contribution < -0.4 is 4.90 Å². The number of nitrogens with zero attached hydrogens (tertiary/aromatic N) is 3. The zero-order chi connectivity index (χ0) is 26.5. The fraction of sp³-hybridized carbons (Fsp3) is 0.259. The van der Waals surface area contributed by atoms with E-state index in [0.717, 1.165) is 6.07 Å². The number of amides is 2.